The fraction of sp³-hybridized carbons (Fsp3) is 0.263. The van der Waals surface area contributed by atoms with Crippen molar-refractivity contribution in [1.29, 1.82) is 0 Å². The van der Waals surface area contributed by atoms with Gasteiger partial charge in [-0.15, -0.1) is 0 Å². The number of carbonyl (C=O) groups excluding carboxylic acids is 2. The normalized spacial score (nSPS) is 11.5. The van der Waals surface area contributed by atoms with Gasteiger partial charge in [-0.1, -0.05) is 47.5 Å². The topological polar surface area (TPSA) is 64.6 Å². The van der Waals surface area contributed by atoms with Gasteiger partial charge in [0.2, 0.25) is 0 Å². The summed E-state index contributed by atoms with van der Waals surface area (Å²) in [6.45, 7) is 3.02. The van der Waals surface area contributed by atoms with Crippen molar-refractivity contribution >= 4 is 35.1 Å². The number of aryl methyl sites for hydroxylation is 1. The number of carbonyl (C=O) groups is 2. The lowest BCUT2D eigenvalue weighted by atomic mass is 10.1. The average molecular weight is 396 g/mol. The van der Waals surface area contributed by atoms with Gasteiger partial charge in [-0.3, -0.25) is 4.79 Å². The summed E-state index contributed by atoms with van der Waals surface area (Å²) in [4.78, 5) is 23.6. The second kappa shape index (κ2) is 9.46. The van der Waals surface area contributed by atoms with Crippen LogP contribution in [0.4, 0.5) is 0 Å². The zero-order valence-corrected chi connectivity index (χ0v) is 15.9. The van der Waals surface area contributed by atoms with Gasteiger partial charge >= 0.3 is 5.97 Å². The summed E-state index contributed by atoms with van der Waals surface area (Å²) in [6.07, 6.45) is 0. The predicted molar refractivity (Wildman–Crippen MR) is 101 cm³/mol. The number of hydrogen-bond donors (Lipinski definition) is 1. The summed E-state index contributed by atoms with van der Waals surface area (Å²) < 4.78 is 10.3. The van der Waals surface area contributed by atoms with E-state index in [4.69, 9.17) is 32.7 Å². The van der Waals surface area contributed by atoms with Gasteiger partial charge < -0.3 is 14.8 Å². The van der Waals surface area contributed by atoms with E-state index in [0.29, 0.717) is 15.8 Å². The van der Waals surface area contributed by atoms with E-state index < -0.39 is 11.9 Å². The molecule has 0 aliphatic carbocycles. The molecule has 5 nitrogen and oxygen atoms in total. The SMILES string of the molecule is Cc1ccccc1OCC(=O)OCC(=O)N[C@H](C)c1ccc(Cl)c(Cl)c1. The summed E-state index contributed by atoms with van der Waals surface area (Å²) in [5.41, 5.74) is 1.70. The van der Waals surface area contributed by atoms with Crippen LogP contribution in [0.3, 0.4) is 0 Å². The molecule has 0 spiro atoms. The first-order chi connectivity index (χ1) is 12.4. The van der Waals surface area contributed by atoms with E-state index in [1.807, 2.05) is 25.1 Å². The van der Waals surface area contributed by atoms with Crippen LogP contribution in [0, 0.1) is 6.92 Å². The molecule has 0 saturated heterocycles. The number of nitrogens with one attached hydrogen (secondary N) is 1. The smallest absolute Gasteiger partial charge is 0.344 e. The van der Waals surface area contributed by atoms with E-state index in [1.165, 1.54) is 0 Å². The number of benzene rings is 2. The van der Waals surface area contributed by atoms with Crippen molar-refractivity contribution < 1.29 is 19.1 Å². The van der Waals surface area contributed by atoms with Gasteiger partial charge in [-0.05, 0) is 43.2 Å². The summed E-state index contributed by atoms with van der Waals surface area (Å²) in [5.74, 6) is -0.444. The molecule has 2 aromatic carbocycles. The van der Waals surface area contributed by atoms with Gasteiger partial charge in [0.05, 0.1) is 16.1 Å². The van der Waals surface area contributed by atoms with Crippen molar-refractivity contribution in [3.8, 4) is 5.75 Å². The first-order valence-corrected chi connectivity index (χ1v) is 8.70. The number of amides is 1. The number of rotatable bonds is 7. The molecule has 0 aliphatic heterocycles. The molecule has 1 N–H and O–H groups in total. The van der Waals surface area contributed by atoms with E-state index in [0.717, 1.165) is 11.1 Å². The lowest BCUT2D eigenvalue weighted by molar-refractivity contribution is -0.150. The van der Waals surface area contributed by atoms with Crippen LogP contribution in [0.5, 0.6) is 5.75 Å². The third kappa shape index (κ3) is 5.93. The van der Waals surface area contributed by atoms with Crippen molar-refractivity contribution in [2.75, 3.05) is 13.2 Å². The maximum Gasteiger partial charge on any atom is 0.344 e. The van der Waals surface area contributed by atoms with Crippen molar-refractivity contribution in [2.24, 2.45) is 0 Å². The summed E-state index contributed by atoms with van der Waals surface area (Å²) in [5, 5.41) is 3.57. The third-order valence-electron chi connectivity index (χ3n) is 3.62. The van der Waals surface area contributed by atoms with Crippen molar-refractivity contribution in [3.05, 3.63) is 63.6 Å². The van der Waals surface area contributed by atoms with Gasteiger partial charge in [0.15, 0.2) is 13.2 Å². The van der Waals surface area contributed by atoms with Crippen LogP contribution in [0.15, 0.2) is 42.5 Å². The average Bonchev–Trinajstić information content (AvgIpc) is 2.61. The summed E-state index contributed by atoms with van der Waals surface area (Å²) in [6, 6.07) is 12.1. The van der Waals surface area contributed by atoms with Crippen molar-refractivity contribution in [3.63, 3.8) is 0 Å². The molecule has 0 aromatic heterocycles. The fourth-order valence-electron chi connectivity index (χ4n) is 2.19. The molecule has 0 bridgehead atoms. The van der Waals surface area contributed by atoms with E-state index in [-0.39, 0.29) is 19.3 Å². The molecule has 1 atom stereocenters. The molecule has 0 saturated carbocycles. The van der Waals surface area contributed by atoms with E-state index in [9.17, 15) is 9.59 Å². The number of halogens is 2. The molecule has 0 unspecified atom stereocenters. The van der Waals surface area contributed by atoms with Gasteiger partial charge in [0, 0.05) is 0 Å². The van der Waals surface area contributed by atoms with Crippen molar-refractivity contribution in [2.45, 2.75) is 19.9 Å². The quantitative estimate of drug-likeness (QED) is 0.716. The lowest BCUT2D eigenvalue weighted by Crippen LogP contribution is -2.32. The maximum atomic E-state index is 11.9. The minimum absolute atomic E-state index is 0.263. The fourth-order valence-corrected chi connectivity index (χ4v) is 2.50. The molecule has 138 valence electrons. The number of ether oxygens (including phenoxy) is 2. The number of esters is 1. The van der Waals surface area contributed by atoms with Gasteiger partial charge in [0.1, 0.15) is 5.75 Å². The highest BCUT2D eigenvalue weighted by Gasteiger charge is 2.13. The zero-order chi connectivity index (χ0) is 19.1. The van der Waals surface area contributed by atoms with Crippen molar-refractivity contribution in [1.82, 2.24) is 5.32 Å². The standard InChI is InChI=1S/C19H19Cl2NO4/c1-12-5-3-4-6-17(12)25-11-19(24)26-10-18(23)22-13(2)14-7-8-15(20)16(21)9-14/h3-9,13H,10-11H2,1-2H3,(H,22,23)/t13-/m1/s1. The molecule has 2 aromatic rings. The lowest BCUT2D eigenvalue weighted by Gasteiger charge is -2.15. The first kappa shape index (κ1) is 20.1. The predicted octanol–water partition coefficient (Wildman–Crippen LogP) is 4.10. The van der Waals surface area contributed by atoms with Crippen LogP contribution in [-0.4, -0.2) is 25.1 Å². The molecule has 26 heavy (non-hydrogen) atoms. The van der Waals surface area contributed by atoms with Crippen LogP contribution in [0.25, 0.3) is 0 Å². The highest BCUT2D eigenvalue weighted by Crippen LogP contribution is 2.25. The number of para-hydroxylation sites is 1. The molecule has 0 radical (unpaired) electrons. The van der Waals surface area contributed by atoms with E-state index in [2.05, 4.69) is 5.32 Å². The minimum Gasteiger partial charge on any atom is -0.482 e. The molecule has 7 heteroatoms. The molecular weight excluding hydrogens is 377 g/mol. The molecule has 0 aliphatic rings. The Kier molecular flexibility index (Phi) is 7.30. The van der Waals surface area contributed by atoms with E-state index in [1.54, 1.807) is 31.2 Å². The molecular formula is C19H19Cl2NO4. The Hall–Kier alpha value is -2.24. The Bertz CT molecular complexity index is 795. The van der Waals surface area contributed by atoms with Gasteiger partial charge in [-0.2, -0.15) is 0 Å². The molecule has 1 amide bonds. The first-order valence-electron chi connectivity index (χ1n) is 7.95. The highest BCUT2D eigenvalue weighted by molar-refractivity contribution is 6.42. The summed E-state index contributed by atoms with van der Waals surface area (Å²) >= 11 is 11.8. The minimum atomic E-state index is -0.620. The second-order valence-electron chi connectivity index (χ2n) is 5.68. The third-order valence-corrected chi connectivity index (χ3v) is 4.36. The molecule has 2 rings (SSSR count). The monoisotopic (exact) mass is 395 g/mol. The van der Waals surface area contributed by atoms with Crippen LogP contribution >= 0.6 is 23.2 Å². The van der Waals surface area contributed by atoms with Gasteiger partial charge in [0.25, 0.3) is 5.91 Å². The van der Waals surface area contributed by atoms with Crippen LogP contribution in [0.1, 0.15) is 24.1 Å². The Morgan fingerprint density at radius 2 is 1.81 bits per heavy atom. The largest absolute Gasteiger partial charge is 0.482 e. The van der Waals surface area contributed by atoms with Crippen LogP contribution in [0.2, 0.25) is 10.0 Å². The van der Waals surface area contributed by atoms with Gasteiger partial charge in [-0.25, -0.2) is 4.79 Å². The Morgan fingerprint density at radius 3 is 2.50 bits per heavy atom. The Labute approximate surface area is 162 Å². The highest BCUT2D eigenvalue weighted by atomic mass is 35.5. The second-order valence-corrected chi connectivity index (χ2v) is 6.49. The number of hydrogen-bond acceptors (Lipinski definition) is 4. The van der Waals surface area contributed by atoms with Crippen LogP contribution < -0.4 is 10.1 Å². The van der Waals surface area contributed by atoms with E-state index >= 15 is 0 Å². The Morgan fingerprint density at radius 1 is 1.08 bits per heavy atom. The summed E-state index contributed by atoms with van der Waals surface area (Å²) in [7, 11) is 0. The molecule has 0 heterocycles. The maximum absolute atomic E-state index is 11.9. The zero-order valence-electron chi connectivity index (χ0n) is 14.4. The van der Waals surface area contributed by atoms with Crippen LogP contribution in [-0.2, 0) is 14.3 Å². The molecule has 0 fully saturated rings. The Balaban J connectivity index is 1.76.